The van der Waals surface area contributed by atoms with Gasteiger partial charge in [0.2, 0.25) is 0 Å². The van der Waals surface area contributed by atoms with Gasteiger partial charge in [0.05, 0.1) is 8.07 Å². The monoisotopic (exact) mass is 765 g/mol. The molecule has 0 atom stereocenters. The standard InChI is InChI=1S/C43H49Br2NSi/c1-8-9-10-14-40(42-28-34-13-11-12-15-41(34)43(42)29-47(30(2)3,31(4)5)32(6)7)33-16-22-37(23-17-33)46(38-24-18-35(44)19-25-38)39-26-20-36(45)21-27-39/h11-32H,8-10H2,1-7H3/b40-14+,43-29-. The van der Waals surface area contributed by atoms with Crippen LogP contribution in [0.2, 0.25) is 16.6 Å². The topological polar surface area (TPSA) is 3.24 Å². The van der Waals surface area contributed by atoms with Crippen molar-refractivity contribution in [1.29, 1.82) is 0 Å². The highest BCUT2D eigenvalue weighted by atomic mass is 79.9. The molecule has 4 aromatic rings. The number of anilines is 3. The lowest BCUT2D eigenvalue weighted by Crippen LogP contribution is -2.43. The zero-order valence-electron chi connectivity index (χ0n) is 29.0. The van der Waals surface area contributed by atoms with E-state index in [1.165, 1.54) is 46.3 Å². The van der Waals surface area contributed by atoms with Crippen LogP contribution in [0.25, 0.3) is 17.2 Å². The van der Waals surface area contributed by atoms with Gasteiger partial charge in [0, 0.05) is 26.0 Å². The summed E-state index contributed by atoms with van der Waals surface area (Å²) in [5.74, 6) is 0. The summed E-state index contributed by atoms with van der Waals surface area (Å²) in [5.41, 5.74) is 16.3. The molecular weight excluding hydrogens is 718 g/mol. The van der Waals surface area contributed by atoms with Gasteiger partial charge in [0.15, 0.2) is 0 Å². The van der Waals surface area contributed by atoms with E-state index in [1.54, 1.807) is 0 Å². The van der Waals surface area contributed by atoms with Crippen molar-refractivity contribution in [1.82, 2.24) is 0 Å². The molecule has 1 nitrogen and oxygen atoms in total. The third-order valence-electron chi connectivity index (χ3n) is 10.0. The van der Waals surface area contributed by atoms with Crippen LogP contribution in [0.1, 0.15) is 84.4 Å². The highest BCUT2D eigenvalue weighted by Gasteiger charge is 2.42. The molecule has 4 aromatic carbocycles. The second-order valence-corrected chi connectivity index (χ2v) is 21.3. The van der Waals surface area contributed by atoms with Crippen LogP contribution < -0.4 is 4.90 Å². The summed E-state index contributed by atoms with van der Waals surface area (Å²) in [7, 11) is -1.84. The molecule has 0 spiro atoms. The smallest absolute Gasteiger partial charge is 0.0861 e. The van der Waals surface area contributed by atoms with E-state index in [1.807, 2.05) is 0 Å². The fourth-order valence-corrected chi connectivity index (χ4v) is 14.0. The van der Waals surface area contributed by atoms with E-state index in [9.17, 15) is 0 Å². The van der Waals surface area contributed by atoms with Crippen molar-refractivity contribution in [3.8, 4) is 0 Å². The van der Waals surface area contributed by atoms with Crippen molar-refractivity contribution in [2.24, 2.45) is 0 Å². The minimum absolute atomic E-state index is 0.652. The van der Waals surface area contributed by atoms with Gasteiger partial charge in [0.25, 0.3) is 0 Å². The molecule has 0 fully saturated rings. The summed E-state index contributed by atoms with van der Waals surface area (Å²) in [6.07, 6.45) is 8.41. The number of halogens is 2. The van der Waals surface area contributed by atoms with E-state index >= 15 is 0 Å². The molecule has 5 rings (SSSR count). The number of fused-ring (bicyclic) bond motifs is 1. The van der Waals surface area contributed by atoms with Gasteiger partial charge in [-0.3, -0.25) is 0 Å². The summed E-state index contributed by atoms with van der Waals surface area (Å²) < 4.78 is 2.15. The van der Waals surface area contributed by atoms with Gasteiger partial charge in [0.1, 0.15) is 0 Å². The van der Waals surface area contributed by atoms with Crippen LogP contribution in [-0.2, 0) is 0 Å². The minimum Gasteiger partial charge on any atom is -0.311 e. The maximum atomic E-state index is 3.62. The fraction of sp³-hybridized carbons (Fsp3) is 0.302. The van der Waals surface area contributed by atoms with Crippen molar-refractivity contribution in [3.05, 3.63) is 140 Å². The summed E-state index contributed by atoms with van der Waals surface area (Å²) in [4.78, 5) is 2.33. The molecule has 0 amide bonds. The SMILES string of the molecule is CCCC/C=C(/C1=Cc2ccccc2/C1=C/[Si](C(C)C)(C(C)C)C(C)C)c1ccc(N(c2ccc(Br)cc2)c2ccc(Br)cc2)cc1. The molecule has 0 unspecified atom stereocenters. The van der Waals surface area contributed by atoms with Gasteiger partial charge < -0.3 is 4.90 Å². The third kappa shape index (κ3) is 7.56. The van der Waals surface area contributed by atoms with Crippen LogP contribution in [-0.4, -0.2) is 8.07 Å². The molecule has 1 aliphatic rings. The van der Waals surface area contributed by atoms with Crippen molar-refractivity contribution < 1.29 is 0 Å². The number of hydrogen-bond acceptors (Lipinski definition) is 1. The van der Waals surface area contributed by atoms with Crippen molar-refractivity contribution in [2.75, 3.05) is 4.90 Å². The number of rotatable bonds is 12. The average Bonchev–Trinajstić information content (AvgIpc) is 3.41. The normalized spacial score (nSPS) is 14.3. The molecule has 1 aliphatic carbocycles. The van der Waals surface area contributed by atoms with Crippen LogP contribution >= 0.6 is 31.9 Å². The lowest BCUT2D eigenvalue weighted by Gasteiger charge is -2.41. The Kier molecular flexibility index (Phi) is 11.7. The summed E-state index contributed by atoms with van der Waals surface area (Å²) in [5, 5.41) is 0. The predicted molar refractivity (Wildman–Crippen MR) is 217 cm³/mol. The van der Waals surface area contributed by atoms with Gasteiger partial charge in [-0.15, -0.1) is 0 Å². The lowest BCUT2D eigenvalue weighted by atomic mass is 9.92. The molecule has 0 saturated carbocycles. The molecule has 0 radical (unpaired) electrons. The highest BCUT2D eigenvalue weighted by molar-refractivity contribution is 9.10. The number of hydrogen-bond donors (Lipinski definition) is 0. The third-order valence-corrected chi connectivity index (χ3v) is 17.9. The Balaban J connectivity index is 1.64. The largest absolute Gasteiger partial charge is 0.311 e. The first-order chi connectivity index (χ1) is 22.6. The second-order valence-electron chi connectivity index (χ2n) is 13.8. The number of unbranched alkanes of at least 4 members (excludes halogenated alkanes) is 2. The van der Waals surface area contributed by atoms with Gasteiger partial charge in [-0.25, -0.2) is 0 Å². The highest BCUT2D eigenvalue weighted by Crippen LogP contribution is 2.49. The number of allylic oxidation sites excluding steroid dienone is 4. The molecular formula is C43H49Br2NSi. The maximum absolute atomic E-state index is 3.62. The summed E-state index contributed by atoms with van der Waals surface area (Å²) >= 11 is 7.24. The Bertz CT molecular complexity index is 1680. The summed E-state index contributed by atoms with van der Waals surface area (Å²) in [6.45, 7) is 17.1. The van der Waals surface area contributed by atoms with Crippen LogP contribution in [0.5, 0.6) is 0 Å². The first kappa shape index (κ1) is 35.4. The Hall–Kier alpha value is -2.92. The van der Waals surface area contributed by atoms with E-state index in [0.717, 1.165) is 32.4 Å². The van der Waals surface area contributed by atoms with Gasteiger partial charge in [-0.05, 0) is 123 Å². The van der Waals surface area contributed by atoms with Crippen molar-refractivity contribution in [2.45, 2.75) is 84.4 Å². The first-order valence-corrected chi connectivity index (χ1v) is 21.1. The molecule has 0 bridgehead atoms. The zero-order chi connectivity index (χ0) is 33.7. The van der Waals surface area contributed by atoms with Gasteiger partial charge in [-0.2, -0.15) is 0 Å². The molecule has 0 aliphatic heterocycles. The van der Waals surface area contributed by atoms with Gasteiger partial charge in [-0.1, -0.05) is 141 Å². The van der Waals surface area contributed by atoms with Crippen LogP contribution in [0.4, 0.5) is 17.1 Å². The van der Waals surface area contributed by atoms with E-state index in [4.69, 9.17) is 0 Å². The second kappa shape index (κ2) is 15.5. The number of nitrogens with zero attached hydrogens (tertiary/aromatic N) is 1. The van der Waals surface area contributed by atoms with E-state index < -0.39 is 8.07 Å². The Morgan fingerprint density at radius 1 is 0.681 bits per heavy atom. The Labute approximate surface area is 301 Å². The Morgan fingerprint density at radius 3 is 1.66 bits per heavy atom. The lowest BCUT2D eigenvalue weighted by molar-refractivity contribution is 0.815. The minimum atomic E-state index is -1.84. The predicted octanol–water partition coefficient (Wildman–Crippen LogP) is 15.0. The zero-order valence-corrected chi connectivity index (χ0v) is 33.2. The summed E-state index contributed by atoms with van der Waals surface area (Å²) in [6, 6.07) is 35.4. The average molecular weight is 768 g/mol. The Morgan fingerprint density at radius 2 is 1.17 bits per heavy atom. The molecule has 4 heteroatoms. The maximum Gasteiger partial charge on any atom is 0.0861 e. The van der Waals surface area contributed by atoms with Crippen LogP contribution in [0.3, 0.4) is 0 Å². The molecule has 47 heavy (non-hydrogen) atoms. The van der Waals surface area contributed by atoms with Crippen LogP contribution in [0.15, 0.2) is 123 Å². The van der Waals surface area contributed by atoms with Crippen molar-refractivity contribution in [3.63, 3.8) is 0 Å². The fourth-order valence-electron chi connectivity index (χ4n) is 7.63. The number of benzene rings is 4. The molecule has 0 N–H and O–H groups in total. The molecule has 0 heterocycles. The van der Waals surface area contributed by atoms with E-state index in [0.29, 0.717) is 16.6 Å². The van der Waals surface area contributed by atoms with Gasteiger partial charge >= 0.3 is 0 Å². The molecule has 0 saturated heterocycles. The van der Waals surface area contributed by atoms with Crippen LogP contribution in [0, 0.1) is 0 Å². The van der Waals surface area contributed by atoms with Crippen molar-refractivity contribution >= 4 is 74.2 Å². The molecule has 244 valence electrons. The molecule has 0 aromatic heterocycles. The van der Waals surface area contributed by atoms with E-state index in [-0.39, 0.29) is 0 Å². The van der Waals surface area contributed by atoms with E-state index in [2.05, 4.69) is 200 Å². The first-order valence-electron chi connectivity index (χ1n) is 17.2. The quantitative estimate of drug-likeness (QED) is 0.103.